The van der Waals surface area contributed by atoms with Crippen molar-refractivity contribution in [3.05, 3.63) is 0 Å². The van der Waals surface area contributed by atoms with E-state index in [2.05, 4.69) is 27.0 Å². The topological polar surface area (TPSA) is 48.1 Å². The number of aromatic nitrogens is 3. The predicted octanol–water partition coefficient (Wildman–Crippen LogP) is 0.717. The van der Waals surface area contributed by atoms with Gasteiger partial charge in [0.25, 0.3) is 0 Å². The van der Waals surface area contributed by atoms with E-state index in [1.807, 2.05) is 26.0 Å². The Labute approximate surface area is 78.8 Å². The Bertz CT molecular complexity index is 255. The van der Waals surface area contributed by atoms with Crippen LogP contribution in [0.25, 0.3) is 0 Å². The first-order chi connectivity index (χ1) is 6.15. The van der Waals surface area contributed by atoms with Crippen molar-refractivity contribution in [2.24, 2.45) is 0 Å². The van der Waals surface area contributed by atoms with E-state index in [9.17, 15) is 0 Å². The molecule has 0 unspecified atom stereocenters. The molecule has 13 heavy (non-hydrogen) atoms. The normalized spacial score (nSPS) is 10.2. The Morgan fingerprint density at radius 3 is 2.23 bits per heavy atom. The molecule has 0 saturated carbocycles. The van der Waals surface area contributed by atoms with Gasteiger partial charge >= 0.3 is 0 Å². The third-order valence-electron chi connectivity index (χ3n) is 1.81. The van der Waals surface area contributed by atoms with Gasteiger partial charge in [0.1, 0.15) is 0 Å². The lowest BCUT2D eigenvalue weighted by atomic mass is 10.4. The predicted molar refractivity (Wildman–Crippen MR) is 54.3 cm³/mol. The second kappa shape index (κ2) is 4.11. The van der Waals surface area contributed by atoms with Crippen LogP contribution in [0.1, 0.15) is 13.3 Å². The lowest BCUT2D eigenvalue weighted by molar-refractivity contribution is 0.821. The van der Waals surface area contributed by atoms with Crippen molar-refractivity contribution in [3.63, 3.8) is 0 Å². The molecule has 1 aromatic heterocycles. The summed E-state index contributed by atoms with van der Waals surface area (Å²) >= 11 is 0. The van der Waals surface area contributed by atoms with Crippen molar-refractivity contribution in [1.82, 2.24) is 15.2 Å². The van der Waals surface area contributed by atoms with Crippen LogP contribution in [0.5, 0.6) is 0 Å². The van der Waals surface area contributed by atoms with Gasteiger partial charge < -0.3 is 9.80 Å². The third-order valence-corrected chi connectivity index (χ3v) is 1.81. The SMILES string of the molecule is CCCN(C)c1nnc(N(C)C)[nH]1. The fraction of sp³-hybridized carbons (Fsp3) is 0.750. The monoisotopic (exact) mass is 183 g/mol. The van der Waals surface area contributed by atoms with Crippen LogP contribution in [0, 0.1) is 0 Å². The summed E-state index contributed by atoms with van der Waals surface area (Å²) in [5.41, 5.74) is 0. The molecule has 0 amide bonds. The van der Waals surface area contributed by atoms with Gasteiger partial charge in [0, 0.05) is 27.7 Å². The van der Waals surface area contributed by atoms with E-state index in [0.717, 1.165) is 24.9 Å². The second-order valence-corrected chi connectivity index (χ2v) is 3.29. The first-order valence-corrected chi connectivity index (χ1v) is 4.46. The highest BCUT2D eigenvalue weighted by Gasteiger charge is 2.06. The summed E-state index contributed by atoms with van der Waals surface area (Å²) < 4.78 is 0. The van der Waals surface area contributed by atoms with Crippen molar-refractivity contribution in [2.45, 2.75) is 13.3 Å². The smallest absolute Gasteiger partial charge is 0.225 e. The van der Waals surface area contributed by atoms with Crippen LogP contribution in [-0.4, -0.2) is 42.9 Å². The van der Waals surface area contributed by atoms with Crippen LogP contribution in [0.3, 0.4) is 0 Å². The average Bonchev–Trinajstić information content (AvgIpc) is 2.52. The molecular formula is C8H17N5. The zero-order valence-corrected chi connectivity index (χ0v) is 8.70. The van der Waals surface area contributed by atoms with Crippen molar-refractivity contribution < 1.29 is 0 Å². The number of nitrogens with zero attached hydrogens (tertiary/aromatic N) is 4. The minimum atomic E-state index is 0.790. The Hall–Kier alpha value is -1.26. The van der Waals surface area contributed by atoms with Crippen LogP contribution < -0.4 is 9.80 Å². The molecule has 0 saturated heterocycles. The molecule has 0 aliphatic carbocycles. The van der Waals surface area contributed by atoms with Crippen LogP contribution in [0.2, 0.25) is 0 Å². The van der Waals surface area contributed by atoms with Crippen molar-refractivity contribution in [1.29, 1.82) is 0 Å². The number of hydrogen-bond donors (Lipinski definition) is 1. The molecule has 0 atom stereocenters. The van der Waals surface area contributed by atoms with Crippen molar-refractivity contribution in [3.8, 4) is 0 Å². The first-order valence-electron chi connectivity index (χ1n) is 4.46. The maximum absolute atomic E-state index is 4.03. The van der Waals surface area contributed by atoms with Gasteiger partial charge in [-0.25, -0.2) is 0 Å². The third kappa shape index (κ3) is 2.34. The summed E-state index contributed by atoms with van der Waals surface area (Å²) in [7, 11) is 5.87. The van der Waals surface area contributed by atoms with Crippen molar-refractivity contribution >= 4 is 11.9 Å². The number of H-pyrrole nitrogens is 1. The minimum Gasteiger partial charge on any atom is -0.347 e. The standard InChI is InChI=1S/C8H17N5/c1-5-6-13(4)8-9-7(10-11-8)12(2)3/h5-6H2,1-4H3,(H,9,10,11). The van der Waals surface area contributed by atoms with E-state index in [1.165, 1.54) is 0 Å². The lowest BCUT2D eigenvalue weighted by Gasteiger charge is -2.13. The quantitative estimate of drug-likeness (QED) is 0.747. The van der Waals surface area contributed by atoms with E-state index >= 15 is 0 Å². The van der Waals surface area contributed by atoms with E-state index < -0.39 is 0 Å². The highest BCUT2D eigenvalue weighted by atomic mass is 15.4. The van der Waals surface area contributed by atoms with E-state index in [4.69, 9.17) is 0 Å². The van der Waals surface area contributed by atoms with E-state index in [0.29, 0.717) is 0 Å². The molecule has 0 aromatic carbocycles. The Morgan fingerprint density at radius 2 is 1.77 bits per heavy atom. The number of nitrogens with one attached hydrogen (secondary N) is 1. The summed E-state index contributed by atoms with van der Waals surface area (Å²) in [6.07, 6.45) is 1.11. The summed E-state index contributed by atoms with van der Waals surface area (Å²) in [5.74, 6) is 1.61. The summed E-state index contributed by atoms with van der Waals surface area (Å²) in [5, 5.41) is 8.03. The largest absolute Gasteiger partial charge is 0.347 e. The molecule has 0 radical (unpaired) electrons. The summed E-state index contributed by atoms with van der Waals surface area (Å²) in [6, 6.07) is 0. The van der Waals surface area contributed by atoms with E-state index in [1.54, 1.807) is 0 Å². The zero-order chi connectivity index (χ0) is 9.84. The number of rotatable bonds is 4. The highest BCUT2D eigenvalue weighted by molar-refractivity contribution is 5.36. The fourth-order valence-corrected chi connectivity index (χ4v) is 1.06. The van der Waals surface area contributed by atoms with Crippen LogP contribution in [-0.2, 0) is 0 Å². The second-order valence-electron chi connectivity index (χ2n) is 3.29. The van der Waals surface area contributed by atoms with Crippen LogP contribution in [0.15, 0.2) is 0 Å². The Balaban J connectivity index is 2.67. The number of aromatic amines is 1. The van der Waals surface area contributed by atoms with Gasteiger partial charge in [-0.05, 0) is 6.42 Å². The molecule has 74 valence electrons. The van der Waals surface area contributed by atoms with Crippen LogP contribution >= 0.6 is 0 Å². The fourth-order valence-electron chi connectivity index (χ4n) is 1.06. The average molecular weight is 183 g/mol. The maximum Gasteiger partial charge on any atom is 0.225 e. The molecule has 0 spiro atoms. The van der Waals surface area contributed by atoms with Gasteiger partial charge in [0.2, 0.25) is 11.9 Å². The molecule has 1 rings (SSSR count). The van der Waals surface area contributed by atoms with Gasteiger partial charge in [-0.1, -0.05) is 6.92 Å². The first kappa shape index (κ1) is 9.83. The van der Waals surface area contributed by atoms with E-state index in [-0.39, 0.29) is 0 Å². The number of hydrogen-bond acceptors (Lipinski definition) is 4. The molecule has 1 heterocycles. The molecule has 5 heteroatoms. The molecule has 0 aliphatic heterocycles. The van der Waals surface area contributed by atoms with Gasteiger partial charge in [-0.3, -0.25) is 4.98 Å². The van der Waals surface area contributed by atoms with Crippen molar-refractivity contribution in [2.75, 3.05) is 37.5 Å². The number of anilines is 2. The zero-order valence-electron chi connectivity index (χ0n) is 8.70. The summed E-state index contributed by atoms with van der Waals surface area (Å²) in [4.78, 5) is 7.08. The Kier molecular flexibility index (Phi) is 3.11. The molecule has 5 nitrogen and oxygen atoms in total. The molecule has 1 aromatic rings. The molecule has 1 N–H and O–H groups in total. The Morgan fingerprint density at radius 1 is 1.15 bits per heavy atom. The molecule has 0 aliphatic rings. The summed E-state index contributed by atoms with van der Waals surface area (Å²) in [6.45, 7) is 3.13. The van der Waals surface area contributed by atoms with Gasteiger partial charge in [-0.2, -0.15) is 0 Å². The molecular weight excluding hydrogens is 166 g/mol. The van der Waals surface area contributed by atoms with Gasteiger partial charge in [0.15, 0.2) is 0 Å². The minimum absolute atomic E-state index is 0.790. The molecule has 0 fully saturated rings. The molecule has 0 bridgehead atoms. The van der Waals surface area contributed by atoms with Crippen LogP contribution in [0.4, 0.5) is 11.9 Å². The van der Waals surface area contributed by atoms with Gasteiger partial charge in [0.05, 0.1) is 0 Å². The lowest BCUT2D eigenvalue weighted by Crippen LogP contribution is -2.19. The van der Waals surface area contributed by atoms with Gasteiger partial charge in [-0.15, -0.1) is 10.2 Å². The maximum atomic E-state index is 4.03. The highest BCUT2D eigenvalue weighted by Crippen LogP contribution is 2.09.